The second-order valence-corrected chi connectivity index (χ2v) is 10.1. The fraction of sp³-hybridized carbons (Fsp3) is 0.310. The third-order valence-corrected chi connectivity index (χ3v) is 7.48. The Kier molecular flexibility index (Phi) is 7.18. The highest BCUT2D eigenvalue weighted by Gasteiger charge is 2.49. The lowest BCUT2D eigenvalue weighted by Gasteiger charge is -2.28. The van der Waals surface area contributed by atoms with E-state index in [0.29, 0.717) is 17.4 Å². The highest BCUT2D eigenvalue weighted by Crippen LogP contribution is 2.52. The van der Waals surface area contributed by atoms with Crippen molar-refractivity contribution in [2.45, 2.75) is 51.6 Å². The van der Waals surface area contributed by atoms with Gasteiger partial charge in [-0.15, -0.1) is 0 Å². The molecule has 0 unspecified atom stereocenters. The molecule has 5 rings (SSSR count). The molecule has 0 saturated carbocycles. The summed E-state index contributed by atoms with van der Waals surface area (Å²) in [7, 11) is 0. The number of aliphatic carboxylic acids is 1. The van der Waals surface area contributed by atoms with Crippen molar-refractivity contribution >= 4 is 11.9 Å². The molecule has 5 nitrogen and oxygen atoms in total. The average Bonchev–Trinajstić information content (AvgIpc) is 3.32. The molecular formula is C29H21F8NO4. The van der Waals surface area contributed by atoms with Gasteiger partial charge >= 0.3 is 18.3 Å². The molecular weight excluding hydrogens is 578 g/mol. The van der Waals surface area contributed by atoms with Crippen LogP contribution < -0.4 is 4.74 Å². The van der Waals surface area contributed by atoms with Crippen molar-refractivity contribution in [3.63, 3.8) is 0 Å². The van der Waals surface area contributed by atoms with E-state index in [1.807, 2.05) is 0 Å². The monoisotopic (exact) mass is 599 g/mol. The van der Waals surface area contributed by atoms with Gasteiger partial charge in [-0.25, -0.2) is 8.78 Å². The molecule has 0 aromatic heterocycles. The van der Waals surface area contributed by atoms with Crippen LogP contribution in [0.15, 0.2) is 30.3 Å². The Morgan fingerprint density at radius 2 is 1.60 bits per heavy atom. The molecule has 2 aliphatic rings. The predicted octanol–water partition coefficient (Wildman–Crippen LogP) is 7.09. The molecule has 3 aromatic carbocycles. The molecule has 222 valence electrons. The van der Waals surface area contributed by atoms with Crippen molar-refractivity contribution in [2.75, 3.05) is 6.61 Å². The van der Waals surface area contributed by atoms with Crippen LogP contribution in [-0.2, 0) is 43.1 Å². The van der Waals surface area contributed by atoms with Crippen LogP contribution in [0.3, 0.4) is 0 Å². The first-order chi connectivity index (χ1) is 19.6. The maximum absolute atomic E-state index is 15.2. The van der Waals surface area contributed by atoms with Gasteiger partial charge in [-0.3, -0.25) is 9.59 Å². The number of fused-ring (bicyclic) bond motifs is 2. The zero-order valence-corrected chi connectivity index (χ0v) is 21.8. The number of ether oxygens (including phenoxy) is 1. The van der Waals surface area contributed by atoms with Crippen LogP contribution in [0.5, 0.6) is 5.75 Å². The maximum atomic E-state index is 15.2. The molecule has 2 heterocycles. The highest BCUT2D eigenvalue weighted by atomic mass is 19.4. The quantitative estimate of drug-likeness (QED) is 0.326. The summed E-state index contributed by atoms with van der Waals surface area (Å²) in [5, 5.41) is 9.56. The Morgan fingerprint density at radius 3 is 2.19 bits per heavy atom. The maximum Gasteiger partial charge on any atom is 0.417 e. The number of carbonyl (C=O) groups excluding carboxylic acids is 1. The first-order valence-electron chi connectivity index (χ1n) is 12.7. The van der Waals surface area contributed by atoms with Crippen LogP contribution in [0.4, 0.5) is 35.1 Å². The van der Waals surface area contributed by atoms with E-state index in [1.165, 1.54) is 6.92 Å². The van der Waals surface area contributed by atoms with E-state index in [1.54, 1.807) is 0 Å². The van der Waals surface area contributed by atoms with Crippen molar-refractivity contribution in [1.29, 1.82) is 0 Å². The Hall–Kier alpha value is -4.16. The van der Waals surface area contributed by atoms with Crippen molar-refractivity contribution in [2.24, 2.45) is 0 Å². The molecule has 1 N–H and O–H groups in total. The largest absolute Gasteiger partial charge is 0.490 e. The number of carbonyl (C=O) groups is 2. The number of hydrogen-bond acceptors (Lipinski definition) is 3. The Bertz CT molecular complexity index is 1630. The van der Waals surface area contributed by atoms with Crippen molar-refractivity contribution in [3.05, 3.63) is 86.5 Å². The minimum atomic E-state index is -5.35. The summed E-state index contributed by atoms with van der Waals surface area (Å²) >= 11 is 0. The van der Waals surface area contributed by atoms with Gasteiger partial charge in [0, 0.05) is 24.2 Å². The number of alkyl halides is 6. The van der Waals surface area contributed by atoms with E-state index >= 15 is 4.39 Å². The SMILES string of the molecule is Cc1c(-c2c(CC(=O)O)c(C(F)(F)F)c3c(c2C(F)(F)F)CN(C(=O)c2cccc(F)c2)C3)cc(F)c2c1CCCO2. The topological polar surface area (TPSA) is 66.8 Å². The van der Waals surface area contributed by atoms with E-state index in [9.17, 15) is 45.4 Å². The molecule has 0 saturated heterocycles. The van der Waals surface area contributed by atoms with Gasteiger partial charge in [0.25, 0.3) is 5.91 Å². The third kappa shape index (κ3) is 5.05. The van der Waals surface area contributed by atoms with Crippen LogP contribution >= 0.6 is 0 Å². The molecule has 0 spiro atoms. The normalized spacial score (nSPS) is 14.8. The summed E-state index contributed by atoms with van der Waals surface area (Å²) < 4.78 is 123. The second kappa shape index (κ2) is 10.3. The number of nitrogens with zero attached hydrogens (tertiary/aromatic N) is 1. The van der Waals surface area contributed by atoms with Gasteiger partial charge in [-0.2, -0.15) is 26.3 Å². The summed E-state index contributed by atoms with van der Waals surface area (Å²) in [5.41, 5.74) is -8.00. The fourth-order valence-electron chi connectivity index (χ4n) is 5.84. The van der Waals surface area contributed by atoms with Crippen LogP contribution in [0, 0.1) is 18.6 Å². The summed E-state index contributed by atoms with van der Waals surface area (Å²) in [6, 6.07) is 4.75. The summed E-state index contributed by atoms with van der Waals surface area (Å²) in [4.78, 5) is 25.6. The van der Waals surface area contributed by atoms with Gasteiger partial charge in [0.15, 0.2) is 11.6 Å². The molecule has 2 aliphatic heterocycles. The molecule has 42 heavy (non-hydrogen) atoms. The van der Waals surface area contributed by atoms with Crippen molar-refractivity contribution < 1.29 is 54.6 Å². The smallest absolute Gasteiger partial charge is 0.417 e. The van der Waals surface area contributed by atoms with Gasteiger partial charge in [0.1, 0.15) is 5.82 Å². The van der Waals surface area contributed by atoms with E-state index in [-0.39, 0.29) is 35.5 Å². The molecule has 13 heteroatoms. The summed E-state index contributed by atoms with van der Waals surface area (Å²) in [6.45, 7) is -0.431. The molecule has 3 aromatic rings. The number of halogens is 8. The molecule has 0 radical (unpaired) electrons. The number of hydrogen-bond donors (Lipinski definition) is 1. The molecule has 0 atom stereocenters. The Morgan fingerprint density at radius 1 is 0.952 bits per heavy atom. The van der Waals surface area contributed by atoms with Crippen molar-refractivity contribution in [1.82, 2.24) is 4.90 Å². The third-order valence-electron chi connectivity index (χ3n) is 7.48. The number of benzene rings is 3. The number of amides is 1. The Balaban J connectivity index is 1.86. The van der Waals surface area contributed by atoms with E-state index in [4.69, 9.17) is 4.74 Å². The van der Waals surface area contributed by atoms with Crippen LogP contribution in [-0.4, -0.2) is 28.5 Å². The molecule has 0 aliphatic carbocycles. The minimum absolute atomic E-state index is 0.0157. The van der Waals surface area contributed by atoms with Gasteiger partial charge in [0.05, 0.1) is 24.2 Å². The lowest BCUT2D eigenvalue weighted by molar-refractivity contribution is -0.143. The van der Waals surface area contributed by atoms with Crippen LogP contribution in [0.1, 0.15) is 55.7 Å². The van der Waals surface area contributed by atoms with Gasteiger partial charge in [0.2, 0.25) is 0 Å². The van der Waals surface area contributed by atoms with Gasteiger partial charge in [-0.1, -0.05) is 6.07 Å². The second-order valence-electron chi connectivity index (χ2n) is 10.1. The number of rotatable bonds is 4. The first-order valence-corrected chi connectivity index (χ1v) is 12.7. The minimum Gasteiger partial charge on any atom is -0.490 e. The van der Waals surface area contributed by atoms with Crippen LogP contribution in [0.2, 0.25) is 0 Å². The highest BCUT2D eigenvalue weighted by molar-refractivity contribution is 5.95. The average molecular weight is 599 g/mol. The molecule has 0 bridgehead atoms. The number of carboxylic acids is 1. The summed E-state index contributed by atoms with van der Waals surface area (Å²) in [5.74, 6) is -5.04. The van der Waals surface area contributed by atoms with Crippen molar-refractivity contribution in [3.8, 4) is 16.9 Å². The zero-order valence-electron chi connectivity index (χ0n) is 21.8. The summed E-state index contributed by atoms with van der Waals surface area (Å²) in [6.07, 6.45) is -11.6. The lowest BCUT2D eigenvalue weighted by Crippen LogP contribution is -2.26. The Labute approximate surface area is 233 Å². The zero-order chi connectivity index (χ0) is 30.7. The molecule has 0 fully saturated rings. The van der Waals surface area contributed by atoms with E-state index in [2.05, 4.69) is 0 Å². The van der Waals surface area contributed by atoms with E-state index < -0.39 is 94.3 Å². The number of carboxylic acid groups (broad SMARTS) is 1. The van der Waals surface area contributed by atoms with Crippen LogP contribution in [0.25, 0.3) is 11.1 Å². The lowest BCUT2D eigenvalue weighted by atomic mass is 9.80. The molecule has 1 amide bonds. The van der Waals surface area contributed by atoms with Gasteiger partial charge in [-0.05, 0) is 77.4 Å². The van der Waals surface area contributed by atoms with E-state index in [0.717, 1.165) is 24.3 Å². The standard InChI is InChI=1S/C29H21F8NO4/c1-13-16-6-3-7-42-26(16)21(31)9-17(13)23-18(10-22(39)40)24(28(32,33)34)19-11-38(12-20(19)25(23)29(35,36)37)27(41)14-4-2-5-15(30)8-14/h2,4-5,8-9H,3,6-7,10-12H2,1H3,(H,39,40). The first kappa shape index (κ1) is 29.3. The predicted molar refractivity (Wildman–Crippen MR) is 132 cm³/mol. The van der Waals surface area contributed by atoms with Gasteiger partial charge < -0.3 is 14.7 Å². The fourth-order valence-corrected chi connectivity index (χ4v) is 5.84.